The fraction of sp³-hybridized carbons (Fsp3) is 0.667. The van der Waals surface area contributed by atoms with Crippen LogP contribution in [0.2, 0.25) is 0 Å². The average molecular weight is 504 g/mol. The number of likely N-dealkylation sites (tertiary alicyclic amines) is 1. The summed E-state index contributed by atoms with van der Waals surface area (Å²) in [6.07, 6.45) is 1.59. The molecule has 6 nitrogen and oxygen atoms in total. The van der Waals surface area contributed by atoms with Gasteiger partial charge in [-0.25, -0.2) is 0 Å². The summed E-state index contributed by atoms with van der Waals surface area (Å²) in [5, 5.41) is 17.0. The molecule has 0 amide bonds. The minimum atomic E-state index is -0.635. The first-order chi connectivity index (χ1) is 13.0. The Morgan fingerprint density at radius 1 is 1.32 bits per heavy atom. The first-order valence-electron chi connectivity index (χ1n) is 10.1. The van der Waals surface area contributed by atoms with Gasteiger partial charge in [-0.05, 0) is 58.2 Å². The lowest BCUT2D eigenvalue weighted by atomic mass is 10.0. The Bertz CT molecular complexity index is 590. The number of hydrogen-bond donors (Lipinski definition) is 3. The van der Waals surface area contributed by atoms with Gasteiger partial charge >= 0.3 is 0 Å². The highest BCUT2D eigenvalue weighted by Gasteiger charge is 2.21. The molecule has 1 unspecified atom stereocenters. The van der Waals surface area contributed by atoms with Gasteiger partial charge in [-0.15, -0.1) is 24.0 Å². The predicted octanol–water partition coefficient (Wildman–Crippen LogP) is 2.78. The Balaban J connectivity index is 0.00000392. The van der Waals surface area contributed by atoms with Crippen LogP contribution in [0, 0.1) is 6.92 Å². The monoisotopic (exact) mass is 504 g/mol. The molecule has 2 rings (SSSR count). The van der Waals surface area contributed by atoms with E-state index in [0.717, 1.165) is 49.7 Å². The summed E-state index contributed by atoms with van der Waals surface area (Å²) >= 11 is 0. The number of aliphatic imine (C=N–C) groups is 1. The van der Waals surface area contributed by atoms with Gasteiger partial charge in [0.05, 0.1) is 6.54 Å². The van der Waals surface area contributed by atoms with Gasteiger partial charge in [0.2, 0.25) is 0 Å². The van der Waals surface area contributed by atoms with Crippen molar-refractivity contribution in [3.63, 3.8) is 0 Å². The second-order valence-corrected chi connectivity index (χ2v) is 7.55. The van der Waals surface area contributed by atoms with Crippen LogP contribution < -0.4 is 15.4 Å². The third-order valence-electron chi connectivity index (χ3n) is 4.84. The van der Waals surface area contributed by atoms with Crippen molar-refractivity contribution in [2.75, 3.05) is 32.8 Å². The molecule has 1 atom stereocenters. The van der Waals surface area contributed by atoms with Crippen molar-refractivity contribution in [2.24, 2.45) is 4.99 Å². The summed E-state index contributed by atoms with van der Waals surface area (Å²) in [6.45, 7) is 12.1. The Morgan fingerprint density at radius 2 is 2.04 bits per heavy atom. The highest BCUT2D eigenvalue weighted by Crippen LogP contribution is 2.13. The molecule has 0 radical (unpaired) electrons. The van der Waals surface area contributed by atoms with E-state index in [0.29, 0.717) is 18.6 Å². The minimum Gasteiger partial charge on any atom is -0.491 e. The molecule has 1 aliphatic rings. The highest BCUT2D eigenvalue weighted by atomic mass is 127. The molecule has 1 fully saturated rings. The van der Waals surface area contributed by atoms with E-state index >= 15 is 0 Å². The molecule has 1 aromatic rings. The molecule has 1 aliphatic heterocycles. The molecular formula is C21H37IN4O2. The number of hydrogen-bond acceptors (Lipinski definition) is 4. The van der Waals surface area contributed by atoms with Gasteiger partial charge in [0.15, 0.2) is 5.96 Å². The van der Waals surface area contributed by atoms with E-state index < -0.39 is 6.10 Å². The lowest BCUT2D eigenvalue weighted by Gasteiger charge is -2.35. The molecule has 0 saturated carbocycles. The van der Waals surface area contributed by atoms with E-state index in [-0.39, 0.29) is 30.6 Å². The third-order valence-corrected chi connectivity index (χ3v) is 4.84. The first-order valence-corrected chi connectivity index (χ1v) is 10.1. The number of nitrogens with zero attached hydrogens (tertiary/aromatic N) is 2. The van der Waals surface area contributed by atoms with Crippen LogP contribution in [0.15, 0.2) is 29.3 Å². The largest absolute Gasteiger partial charge is 0.491 e. The van der Waals surface area contributed by atoms with Crippen molar-refractivity contribution in [1.29, 1.82) is 0 Å². The number of guanidine groups is 1. The number of nitrogens with one attached hydrogen (secondary N) is 2. The summed E-state index contributed by atoms with van der Waals surface area (Å²) in [7, 11) is 0. The number of rotatable bonds is 8. The highest BCUT2D eigenvalue weighted by molar-refractivity contribution is 14.0. The molecule has 0 spiro atoms. The van der Waals surface area contributed by atoms with Crippen LogP contribution in [-0.2, 0) is 0 Å². The number of ether oxygens (including phenoxy) is 1. The van der Waals surface area contributed by atoms with Crippen LogP contribution in [0.4, 0.5) is 0 Å². The molecule has 1 aromatic carbocycles. The van der Waals surface area contributed by atoms with Gasteiger partial charge in [-0.3, -0.25) is 4.99 Å². The van der Waals surface area contributed by atoms with Crippen LogP contribution in [-0.4, -0.2) is 66.9 Å². The summed E-state index contributed by atoms with van der Waals surface area (Å²) in [4.78, 5) is 7.05. The molecular weight excluding hydrogens is 467 g/mol. The zero-order chi connectivity index (χ0) is 19.6. The second kappa shape index (κ2) is 13.2. The second-order valence-electron chi connectivity index (χ2n) is 7.55. The van der Waals surface area contributed by atoms with Crippen molar-refractivity contribution >= 4 is 29.9 Å². The summed E-state index contributed by atoms with van der Waals surface area (Å²) in [6, 6.07) is 8.87. The van der Waals surface area contributed by atoms with Gasteiger partial charge in [-0.1, -0.05) is 12.1 Å². The van der Waals surface area contributed by atoms with Gasteiger partial charge in [0.25, 0.3) is 0 Å². The summed E-state index contributed by atoms with van der Waals surface area (Å²) < 4.78 is 5.66. The number of aryl methyl sites for hydroxylation is 1. The molecule has 0 aromatic heterocycles. The van der Waals surface area contributed by atoms with Crippen LogP contribution >= 0.6 is 24.0 Å². The van der Waals surface area contributed by atoms with E-state index in [1.807, 2.05) is 31.2 Å². The molecule has 160 valence electrons. The molecule has 0 aliphatic carbocycles. The zero-order valence-electron chi connectivity index (χ0n) is 17.6. The Morgan fingerprint density at radius 3 is 2.64 bits per heavy atom. The van der Waals surface area contributed by atoms with Crippen molar-refractivity contribution in [3.8, 4) is 5.75 Å². The Hall–Kier alpha value is -1.06. The first kappa shape index (κ1) is 25.0. The lowest BCUT2D eigenvalue weighted by molar-refractivity contribution is 0.114. The minimum absolute atomic E-state index is 0. The molecule has 1 heterocycles. The Labute approximate surface area is 187 Å². The number of aliphatic hydroxyl groups is 1. The van der Waals surface area contributed by atoms with Crippen molar-refractivity contribution in [1.82, 2.24) is 15.5 Å². The van der Waals surface area contributed by atoms with Crippen molar-refractivity contribution in [3.05, 3.63) is 29.8 Å². The quantitative estimate of drug-likeness (QED) is 0.289. The molecule has 0 bridgehead atoms. The fourth-order valence-electron chi connectivity index (χ4n) is 3.22. The lowest BCUT2D eigenvalue weighted by Crippen LogP contribution is -2.50. The zero-order valence-corrected chi connectivity index (χ0v) is 20.0. The van der Waals surface area contributed by atoms with E-state index in [1.54, 1.807) is 0 Å². The molecule has 3 N–H and O–H groups in total. The van der Waals surface area contributed by atoms with Crippen LogP contribution in [0.25, 0.3) is 0 Å². The van der Waals surface area contributed by atoms with Gasteiger partial charge in [-0.2, -0.15) is 0 Å². The smallest absolute Gasteiger partial charge is 0.191 e. The van der Waals surface area contributed by atoms with E-state index in [4.69, 9.17) is 4.74 Å². The molecule has 7 heteroatoms. The normalized spacial score (nSPS) is 17.1. The fourth-order valence-corrected chi connectivity index (χ4v) is 3.22. The average Bonchev–Trinajstić information content (AvgIpc) is 2.65. The molecule has 28 heavy (non-hydrogen) atoms. The summed E-state index contributed by atoms with van der Waals surface area (Å²) in [5.41, 5.74) is 1.14. The van der Waals surface area contributed by atoms with Crippen molar-refractivity contribution < 1.29 is 9.84 Å². The number of piperidine rings is 1. The van der Waals surface area contributed by atoms with Crippen molar-refractivity contribution in [2.45, 2.75) is 58.7 Å². The van der Waals surface area contributed by atoms with E-state index in [1.165, 1.54) is 0 Å². The standard InChI is InChI=1S/C21H36N4O2.HI/c1-5-22-21(24-18-9-11-25(12-10-18)16(2)3)23-14-19(26)15-27-20-8-6-7-17(4)13-20;/h6-8,13,16,18-19,26H,5,9-12,14-15H2,1-4H3,(H2,22,23,24);1H. The van der Waals surface area contributed by atoms with E-state index in [9.17, 15) is 5.11 Å². The van der Waals surface area contributed by atoms with Gasteiger partial charge < -0.3 is 25.4 Å². The van der Waals surface area contributed by atoms with Gasteiger partial charge in [0.1, 0.15) is 18.5 Å². The van der Waals surface area contributed by atoms with Crippen LogP contribution in [0.5, 0.6) is 5.75 Å². The summed E-state index contributed by atoms with van der Waals surface area (Å²) in [5.74, 6) is 1.55. The topological polar surface area (TPSA) is 69.1 Å². The Kier molecular flexibility index (Phi) is 11.8. The van der Waals surface area contributed by atoms with Gasteiger partial charge in [0, 0.05) is 31.7 Å². The maximum absolute atomic E-state index is 10.2. The number of halogens is 1. The third kappa shape index (κ3) is 8.96. The maximum atomic E-state index is 10.2. The number of aliphatic hydroxyl groups excluding tert-OH is 1. The predicted molar refractivity (Wildman–Crippen MR) is 127 cm³/mol. The molecule has 1 saturated heterocycles. The SMILES string of the molecule is CCNC(=NCC(O)COc1cccc(C)c1)NC1CCN(C(C)C)CC1.I. The van der Waals surface area contributed by atoms with Crippen LogP contribution in [0.1, 0.15) is 39.2 Å². The maximum Gasteiger partial charge on any atom is 0.191 e. The van der Waals surface area contributed by atoms with Crippen LogP contribution in [0.3, 0.4) is 0 Å². The van der Waals surface area contributed by atoms with E-state index in [2.05, 4.69) is 41.3 Å². The number of benzene rings is 1.